The van der Waals surface area contributed by atoms with Gasteiger partial charge in [0.05, 0.1) is 7.11 Å². The third-order valence-electron chi connectivity index (χ3n) is 2.77. The Bertz CT molecular complexity index is 693. The quantitative estimate of drug-likeness (QED) is 0.680. The molecule has 0 radical (unpaired) electrons. The molecule has 0 N–H and O–H groups in total. The van der Waals surface area contributed by atoms with E-state index < -0.39 is 0 Å². The number of aromatic nitrogens is 5. The summed E-state index contributed by atoms with van der Waals surface area (Å²) in [6.45, 7) is 1.95. The van der Waals surface area contributed by atoms with Gasteiger partial charge in [0.2, 0.25) is 0 Å². The van der Waals surface area contributed by atoms with Gasteiger partial charge in [-0.1, -0.05) is 0 Å². The van der Waals surface area contributed by atoms with E-state index in [9.17, 15) is 0 Å². The van der Waals surface area contributed by atoms with E-state index in [1.807, 2.05) is 31.2 Å². The Morgan fingerprint density at radius 1 is 1.22 bits per heavy atom. The molecule has 0 bridgehead atoms. The Labute approximate surface area is 103 Å². The molecule has 0 aliphatic carbocycles. The zero-order valence-electron chi connectivity index (χ0n) is 10.0. The molecule has 0 fully saturated rings. The van der Waals surface area contributed by atoms with E-state index >= 15 is 0 Å². The molecule has 0 atom stereocenters. The number of fused-ring (bicyclic) bond motifs is 1. The molecule has 0 aliphatic rings. The molecule has 90 valence electrons. The first-order chi connectivity index (χ1) is 8.78. The Morgan fingerprint density at radius 3 is 2.83 bits per heavy atom. The van der Waals surface area contributed by atoms with E-state index in [1.54, 1.807) is 7.11 Å². The van der Waals surface area contributed by atoms with E-state index in [1.165, 1.54) is 11.1 Å². The monoisotopic (exact) mass is 241 g/mol. The summed E-state index contributed by atoms with van der Waals surface area (Å²) in [4.78, 5) is 5.85. The van der Waals surface area contributed by atoms with Gasteiger partial charge in [-0.25, -0.2) is 4.98 Å². The standard InChI is InChI=1S/C12H11N5O/c1-8-11-4-3-10(18-2)5-9(11)6-12(15-8)17-14-7-13-16-17/h3-7H,1-2H3. The molecule has 6 nitrogen and oxygen atoms in total. The van der Waals surface area contributed by atoms with Crippen molar-refractivity contribution in [2.45, 2.75) is 6.92 Å². The molecule has 6 heteroatoms. The number of ether oxygens (including phenoxy) is 1. The number of benzene rings is 1. The van der Waals surface area contributed by atoms with Gasteiger partial charge in [-0.3, -0.25) is 0 Å². The predicted octanol–water partition coefficient (Wildman–Crippen LogP) is 1.53. The average molecular weight is 241 g/mol. The molecule has 0 unspecified atom stereocenters. The van der Waals surface area contributed by atoms with E-state index in [0.29, 0.717) is 5.82 Å². The van der Waals surface area contributed by atoms with Crippen LogP contribution in [0.2, 0.25) is 0 Å². The summed E-state index contributed by atoms with van der Waals surface area (Å²) < 4.78 is 5.22. The highest BCUT2D eigenvalue weighted by Gasteiger charge is 2.06. The molecule has 18 heavy (non-hydrogen) atoms. The van der Waals surface area contributed by atoms with E-state index in [4.69, 9.17) is 4.74 Å². The van der Waals surface area contributed by atoms with Crippen molar-refractivity contribution in [3.8, 4) is 11.6 Å². The third-order valence-corrected chi connectivity index (χ3v) is 2.77. The first-order valence-corrected chi connectivity index (χ1v) is 5.46. The topological polar surface area (TPSA) is 65.7 Å². The molecular weight excluding hydrogens is 230 g/mol. The van der Waals surface area contributed by atoms with Crippen LogP contribution in [0.3, 0.4) is 0 Å². The van der Waals surface area contributed by atoms with Gasteiger partial charge in [-0.05, 0) is 41.8 Å². The van der Waals surface area contributed by atoms with Gasteiger partial charge < -0.3 is 4.74 Å². The van der Waals surface area contributed by atoms with Crippen LogP contribution in [-0.4, -0.2) is 32.3 Å². The van der Waals surface area contributed by atoms with Crippen molar-refractivity contribution in [1.29, 1.82) is 0 Å². The number of rotatable bonds is 2. The smallest absolute Gasteiger partial charge is 0.177 e. The van der Waals surface area contributed by atoms with Gasteiger partial charge in [0.25, 0.3) is 0 Å². The summed E-state index contributed by atoms with van der Waals surface area (Å²) in [6, 6.07) is 7.79. The number of hydrogen-bond donors (Lipinski definition) is 0. The molecule has 3 aromatic rings. The summed E-state index contributed by atoms with van der Waals surface area (Å²) >= 11 is 0. The number of pyridine rings is 1. The second-order valence-corrected chi connectivity index (χ2v) is 3.88. The average Bonchev–Trinajstić information content (AvgIpc) is 2.91. The van der Waals surface area contributed by atoms with Crippen molar-refractivity contribution >= 4 is 10.8 Å². The molecule has 0 spiro atoms. The molecule has 0 aliphatic heterocycles. The third kappa shape index (κ3) is 1.67. The molecule has 1 aromatic carbocycles. The minimum atomic E-state index is 0.644. The van der Waals surface area contributed by atoms with Gasteiger partial charge in [-0.15, -0.1) is 15.0 Å². The van der Waals surface area contributed by atoms with Crippen LogP contribution in [0.15, 0.2) is 30.6 Å². The maximum atomic E-state index is 5.22. The van der Waals surface area contributed by atoms with E-state index in [0.717, 1.165) is 22.2 Å². The summed E-state index contributed by atoms with van der Waals surface area (Å²) in [5, 5.41) is 13.6. The predicted molar refractivity (Wildman–Crippen MR) is 65.7 cm³/mol. The van der Waals surface area contributed by atoms with Crippen LogP contribution in [-0.2, 0) is 0 Å². The fourth-order valence-electron chi connectivity index (χ4n) is 1.89. The maximum Gasteiger partial charge on any atom is 0.177 e. The van der Waals surface area contributed by atoms with Crippen molar-refractivity contribution in [2.75, 3.05) is 7.11 Å². The van der Waals surface area contributed by atoms with Crippen molar-refractivity contribution < 1.29 is 4.74 Å². The van der Waals surface area contributed by atoms with Gasteiger partial charge in [0.1, 0.15) is 5.75 Å². The van der Waals surface area contributed by atoms with Gasteiger partial charge in [-0.2, -0.15) is 0 Å². The lowest BCUT2D eigenvalue weighted by Gasteiger charge is -2.06. The normalized spacial score (nSPS) is 10.8. The fourth-order valence-corrected chi connectivity index (χ4v) is 1.89. The van der Waals surface area contributed by atoms with Crippen molar-refractivity contribution in [2.24, 2.45) is 0 Å². The number of aryl methyl sites for hydroxylation is 1. The van der Waals surface area contributed by atoms with Crippen LogP contribution in [0.4, 0.5) is 0 Å². The van der Waals surface area contributed by atoms with E-state index in [2.05, 4.69) is 20.4 Å². The number of hydrogen-bond acceptors (Lipinski definition) is 5. The molecule has 3 rings (SSSR count). The summed E-state index contributed by atoms with van der Waals surface area (Å²) in [7, 11) is 1.65. The second kappa shape index (κ2) is 4.06. The minimum absolute atomic E-state index is 0.644. The lowest BCUT2D eigenvalue weighted by atomic mass is 10.1. The Hall–Kier alpha value is -2.50. The summed E-state index contributed by atoms with van der Waals surface area (Å²) in [5.41, 5.74) is 0.919. The second-order valence-electron chi connectivity index (χ2n) is 3.88. The number of tetrazole rings is 1. The first kappa shape index (κ1) is 10.6. The minimum Gasteiger partial charge on any atom is -0.497 e. The lowest BCUT2D eigenvalue weighted by Crippen LogP contribution is -2.03. The SMILES string of the molecule is COc1ccc2c(C)nc(-n3ncnn3)cc2c1. The van der Waals surface area contributed by atoms with Crippen LogP contribution in [0.25, 0.3) is 16.6 Å². The Kier molecular flexibility index (Phi) is 2.40. The van der Waals surface area contributed by atoms with Crippen LogP contribution in [0.5, 0.6) is 5.75 Å². The van der Waals surface area contributed by atoms with Crippen molar-refractivity contribution in [1.82, 2.24) is 25.2 Å². The number of methoxy groups -OCH3 is 1. The van der Waals surface area contributed by atoms with Crippen LogP contribution in [0.1, 0.15) is 5.69 Å². The Morgan fingerprint density at radius 2 is 2.11 bits per heavy atom. The summed E-state index contributed by atoms with van der Waals surface area (Å²) in [5.74, 6) is 1.45. The highest BCUT2D eigenvalue weighted by Crippen LogP contribution is 2.24. The molecule has 0 saturated carbocycles. The highest BCUT2D eigenvalue weighted by molar-refractivity contribution is 5.86. The molecule has 0 saturated heterocycles. The van der Waals surface area contributed by atoms with E-state index in [-0.39, 0.29) is 0 Å². The highest BCUT2D eigenvalue weighted by atomic mass is 16.5. The largest absolute Gasteiger partial charge is 0.497 e. The van der Waals surface area contributed by atoms with Crippen molar-refractivity contribution in [3.05, 3.63) is 36.3 Å². The molecular formula is C12H11N5O. The number of nitrogens with zero attached hydrogens (tertiary/aromatic N) is 5. The van der Waals surface area contributed by atoms with Gasteiger partial charge in [0, 0.05) is 11.1 Å². The molecule has 2 aromatic heterocycles. The molecule has 2 heterocycles. The Balaban J connectivity index is 2.24. The fraction of sp³-hybridized carbons (Fsp3) is 0.167. The van der Waals surface area contributed by atoms with Crippen LogP contribution < -0.4 is 4.74 Å². The maximum absolute atomic E-state index is 5.22. The van der Waals surface area contributed by atoms with Crippen molar-refractivity contribution in [3.63, 3.8) is 0 Å². The van der Waals surface area contributed by atoms with Gasteiger partial charge in [0.15, 0.2) is 12.1 Å². The van der Waals surface area contributed by atoms with Gasteiger partial charge >= 0.3 is 0 Å². The first-order valence-electron chi connectivity index (χ1n) is 5.46. The van der Waals surface area contributed by atoms with Crippen LogP contribution >= 0.6 is 0 Å². The zero-order chi connectivity index (χ0) is 12.5. The van der Waals surface area contributed by atoms with Crippen LogP contribution in [0, 0.1) is 6.92 Å². The zero-order valence-corrected chi connectivity index (χ0v) is 10.0. The molecule has 0 amide bonds. The lowest BCUT2D eigenvalue weighted by molar-refractivity contribution is 0.415. The summed E-state index contributed by atoms with van der Waals surface area (Å²) in [6.07, 6.45) is 1.38.